The first-order valence-corrected chi connectivity index (χ1v) is 1.97. The van der Waals surface area contributed by atoms with E-state index in [-0.39, 0.29) is 8.41 Å². The topological polar surface area (TPSA) is 20.2 Å². The lowest BCUT2D eigenvalue weighted by molar-refractivity contribution is -0.308. The Balaban J connectivity index is 0. The summed E-state index contributed by atoms with van der Waals surface area (Å²) in [7, 11) is 0. The lowest BCUT2D eigenvalue weighted by Gasteiger charge is -2.16. The maximum absolute atomic E-state index is 11.0. The molecule has 0 unspecified atom stereocenters. The molecule has 0 fully saturated rings. The van der Waals surface area contributed by atoms with Crippen molar-refractivity contribution in [2.24, 2.45) is 0 Å². The van der Waals surface area contributed by atoms with Gasteiger partial charge in [-0.2, -0.15) is 26.3 Å². The Kier molecular flexibility index (Phi) is 4.00. The average Bonchev–Trinajstić information content (AvgIpc) is 1.59. The molecular formula is C3H2BF6O. The van der Waals surface area contributed by atoms with Gasteiger partial charge in [-0.3, -0.25) is 0 Å². The Morgan fingerprint density at radius 1 is 0.818 bits per heavy atom. The second-order valence-electron chi connectivity index (χ2n) is 1.49. The highest BCUT2D eigenvalue weighted by atomic mass is 19.4. The molecule has 3 radical (unpaired) electrons. The van der Waals surface area contributed by atoms with Crippen LogP contribution in [-0.2, 0) is 0 Å². The van der Waals surface area contributed by atoms with Gasteiger partial charge in [0.25, 0.3) is 0 Å². The van der Waals surface area contributed by atoms with Gasteiger partial charge in [-0.05, 0) is 0 Å². The molecule has 1 N–H and O–H groups in total. The number of hydrogen-bond donors (Lipinski definition) is 1. The first kappa shape index (κ1) is 13.2. The third kappa shape index (κ3) is 4.12. The standard InChI is InChI=1S/C3H2F6O.B/c4-2(5,6)1(10)3(7,8)9;/h1,10H;. The molecule has 0 saturated carbocycles. The van der Waals surface area contributed by atoms with Crippen molar-refractivity contribution in [3.8, 4) is 0 Å². The highest BCUT2D eigenvalue weighted by Crippen LogP contribution is 2.32. The zero-order chi connectivity index (χ0) is 8.58. The fraction of sp³-hybridized carbons (Fsp3) is 1.00. The summed E-state index contributed by atoms with van der Waals surface area (Å²) in [6.07, 6.45) is -15.5. The number of aliphatic hydroxyl groups is 1. The quantitative estimate of drug-likeness (QED) is 0.435. The minimum atomic E-state index is -5.63. The van der Waals surface area contributed by atoms with Crippen LogP contribution >= 0.6 is 0 Å². The van der Waals surface area contributed by atoms with Gasteiger partial charge in [-0.25, -0.2) is 0 Å². The molecule has 0 spiro atoms. The third-order valence-electron chi connectivity index (χ3n) is 0.620. The number of rotatable bonds is 0. The van der Waals surface area contributed by atoms with E-state index in [1.165, 1.54) is 0 Å². The largest absolute Gasteiger partial charge is 0.423 e. The van der Waals surface area contributed by atoms with E-state index in [0.717, 1.165) is 0 Å². The highest BCUT2D eigenvalue weighted by Gasteiger charge is 2.55. The summed E-state index contributed by atoms with van der Waals surface area (Å²) in [5.41, 5.74) is 0. The molecule has 0 atom stereocenters. The van der Waals surface area contributed by atoms with E-state index in [2.05, 4.69) is 0 Å². The average molecular weight is 179 g/mol. The van der Waals surface area contributed by atoms with Crippen LogP contribution in [0.4, 0.5) is 26.3 Å². The molecule has 0 heterocycles. The van der Waals surface area contributed by atoms with Crippen LogP contribution in [0.25, 0.3) is 0 Å². The number of halogens is 6. The zero-order valence-electron chi connectivity index (χ0n) is 4.87. The van der Waals surface area contributed by atoms with E-state index >= 15 is 0 Å². The fourth-order valence-electron chi connectivity index (χ4n) is 0.186. The van der Waals surface area contributed by atoms with Gasteiger partial charge in [-0.1, -0.05) is 0 Å². The minimum Gasteiger partial charge on any atom is -0.377 e. The van der Waals surface area contributed by atoms with E-state index in [1.54, 1.807) is 0 Å². The molecule has 0 bridgehead atoms. The highest BCUT2D eigenvalue weighted by molar-refractivity contribution is 5.75. The van der Waals surface area contributed by atoms with Crippen molar-refractivity contribution in [3.63, 3.8) is 0 Å². The molecule has 0 aliphatic rings. The second kappa shape index (κ2) is 3.33. The molecule has 1 nitrogen and oxygen atoms in total. The maximum atomic E-state index is 11.0. The Hall–Kier alpha value is -0.395. The summed E-state index contributed by atoms with van der Waals surface area (Å²) < 4.78 is 65.9. The van der Waals surface area contributed by atoms with E-state index in [1.807, 2.05) is 0 Å². The lowest BCUT2D eigenvalue weighted by Crippen LogP contribution is -2.41. The molecule has 0 aromatic carbocycles. The lowest BCUT2D eigenvalue weighted by atomic mass is 10.3. The van der Waals surface area contributed by atoms with Gasteiger partial charge in [0.1, 0.15) is 0 Å². The van der Waals surface area contributed by atoms with Crippen molar-refractivity contribution in [2.45, 2.75) is 18.5 Å². The zero-order valence-corrected chi connectivity index (χ0v) is 4.87. The van der Waals surface area contributed by atoms with Gasteiger partial charge in [-0.15, -0.1) is 0 Å². The Morgan fingerprint density at radius 3 is 1.00 bits per heavy atom. The van der Waals surface area contributed by atoms with Gasteiger partial charge in [0.2, 0.25) is 6.10 Å². The van der Waals surface area contributed by atoms with Crippen LogP contribution in [0.15, 0.2) is 0 Å². The minimum absolute atomic E-state index is 0. The van der Waals surface area contributed by atoms with Gasteiger partial charge in [0.15, 0.2) is 0 Å². The fourth-order valence-corrected chi connectivity index (χ4v) is 0.186. The second-order valence-corrected chi connectivity index (χ2v) is 1.49. The summed E-state index contributed by atoms with van der Waals surface area (Å²) in [5.74, 6) is 0. The predicted octanol–water partition coefficient (Wildman–Crippen LogP) is 1.09. The summed E-state index contributed by atoms with van der Waals surface area (Å²) in [6.45, 7) is 0. The van der Waals surface area contributed by atoms with Gasteiger partial charge in [0, 0.05) is 8.41 Å². The first-order chi connectivity index (χ1) is 4.15. The number of alkyl halides is 6. The SMILES string of the molecule is OC(C(F)(F)F)C(F)(F)F.[B]. The summed E-state index contributed by atoms with van der Waals surface area (Å²) in [6, 6.07) is 0. The molecule has 0 saturated heterocycles. The van der Waals surface area contributed by atoms with Crippen molar-refractivity contribution < 1.29 is 31.4 Å². The molecule has 0 aliphatic heterocycles. The third-order valence-corrected chi connectivity index (χ3v) is 0.620. The van der Waals surface area contributed by atoms with Crippen LogP contribution in [0.2, 0.25) is 0 Å². The van der Waals surface area contributed by atoms with Crippen LogP contribution in [0.1, 0.15) is 0 Å². The van der Waals surface area contributed by atoms with Crippen LogP contribution in [-0.4, -0.2) is 32.0 Å². The maximum Gasteiger partial charge on any atom is 0.423 e. The van der Waals surface area contributed by atoms with Crippen molar-refractivity contribution in [2.75, 3.05) is 0 Å². The van der Waals surface area contributed by atoms with Crippen LogP contribution in [0.5, 0.6) is 0 Å². The van der Waals surface area contributed by atoms with E-state index in [4.69, 9.17) is 5.11 Å². The van der Waals surface area contributed by atoms with Crippen LogP contribution in [0.3, 0.4) is 0 Å². The molecule has 8 heteroatoms. The van der Waals surface area contributed by atoms with Gasteiger partial charge >= 0.3 is 12.4 Å². The van der Waals surface area contributed by atoms with Crippen molar-refractivity contribution in [1.29, 1.82) is 0 Å². The van der Waals surface area contributed by atoms with Crippen molar-refractivity contribution in [3.05, 3.63) is 0 Å². The van der Waals surface area contributed by atoms with Crippen molar-refractivity contribution >= 4 is 8.41 Å². The normalized spacial score (nSPS) is 13.1. The number of aliphatic hydroxyl groups excluding tert-OH is 1. The summed E-state index contributed by atoms with van der Waals surface area (Å²) >= 11 is 0. The molecule has 11 heavy (non-hydrogen) atoms. The molecule has 0 aromatic heterocycles. The van der Waals surface area contributed by atoms with E-state index in [0.29, 0.717) is 0 Å². The smallest absolute Gasteiger partial charge is 0.377 e. The molecule has 0 aliphatic carbocycles. The summed E-state index contributed by atoms with van der Waals surface area (Å²) in [4.78, 5) is 0. The molecule has 0 amide bonds. The van der Waals surface area contributed by atoms with Gasteiger partial charge in [0.05, 0.1) is 0 Å². The van der Waals surface area contributed by atoms with Crippen molar-refractivity contribution in [1.82, 2.24) is 0 Å². The van der Waals surface area contributed by atoms with Gasteiger partial charge < -0.3 is 5.11 Å². The number of hydrogen-bond acceptors (Lipinski definition) is 1. The van der Waals surface area contributed by atoms with Crippen LogP contribution in [0, 0.1) is 0 Å². The summed E-state index contributed by atoms with van der Waals surface area (Å²) in [5, 5.41) is 7.47. The van der Waals surface area contributed by atoms with E-state index in [9.17, 15) is 26.3 Å². The van der Waals surface area contributed by atoms with E-state index < -0.39 is 18.5 Å². The molecule has 0 rings (SSSR count). The Bertz CT molecular complexity index is 102. The monoisotopic (exact) mass is 179 g/mol. The van der Waals surface area contributed by atoms with Crippen LogP contribution < -0.4 is 0 Å². The Labute approximate surface area is 59.6 Å². The predicted molar refractivity (Wildman–Crippen MR) is 23.9 cm³/mol. The Morgan fingerprint density at radius 2 is 1.00 bits per heavy atom. The first-order valence-electron chi connectivity index (χ1n) is 1.97. The molecule has 65 valence electrons. The molecule has 0 aromatic rings. The molecular weight excluding hydrogens is 177 g/mol.